The molecule has 8 nitrogen and oxygen atoms in total. The number of aromatic nitrogens is 4. The van der Waals surface area contributed by atoms with E-state index in [9.17, 15) is 4.79 Å². The molecule has 5 rings (SSSR count). The third-order valence-electron chi connectivity index (χ3n) is 5.41. The number of aryl methyl sites for hydroxylation is 1. The standard InChI is InChI=1S/C23H22N6O2S/c1-2-20-26-21(27-31-20)17-8-9-19(24-14-17)28-10-12-29(13-11-28)23(30)18-15-32-22(25-18)16-6-4-3-5-7-16/h3-9,14-15H,2,10-13H2,1H3. The Morgan fingerprint density at radius 3 is 2.53 bits per heavy atom. The van der Waals surface area contributed by atoms with Gasteiger partial charge in [-0.1, -0.05) is 42.4 Å². The van der Waals surface area contributed by atoms with Gasteiger partial charge in [-0.05, 0) is 12.1 Å². The van der Waals surface area contributed by atoms with Crippen molar-refractivity contribution in [3.63, 3.8) is 0 Å². The van der Waals surface area contributed by atoms with Gasteiger partial charge in [0.25, 0.3) is 5.91 Å². The number of nitrogens with zero attached hydrogens (tertiary/aromatic N) is 6. The average Bonchev–Trinajstić information content (AvgIpc) is 3.55. The molecule has 0 atom stereocenters. The van der Waals surface area contributed by atoms with Gasteiger partial charge in [0.05, 0.1) is 0 Å². The molecule has 0 N–H and O–H groups in total. The highest BCUT2D eigenvalue weighted by molar-refractivity contribution is 7.13. The van der Waals surface area contributed by atoms with Crippen LogP contribution in [-0.4, -0.2) is 57.1 Å². The molecule has 4 aromatic rings. The molecule has 1 amide bonds. The number of pyridine rings is 1. The van der Waals surface area contributed by atoms with Crippen molar-refractivity contribution in [1.82, 2.24) is 25.0 Å². The molecular formula is C23H22N6O2S. The SMILES string of the molecule is CCc1nc(-c2ccc(N3CCN(C(=O)c4csc(-c5ccccc5)n4)CC3)nc2)no1. The molecule has 1 saturated heterocycles. The topological polar surface area (TPSA) is 88.3 Å². The van der Waals surface area contributed by atoms with Gasteiger partial charge in [-0.25, -0.2) is 9.97 Å². The molecule has 3 aromatic heterocycles. The number of piperazine rings is 1. The number of hydrogen-bond acceptors (Lipinski definition) is 8. The van der Waals surface area contributed by atoms with Crippen molar-refractivity contribution in [3.05, 3.63) is 65.6 Å². The number of hydrogen-bond donors (Lipinski definition) is 0. The Labute approximate surface area is 189 Å². The summed E-state index contributed by atoms with van der Waals surface area (Å²) in [6.45, 7) is 4.67. The molecule has 0 radical (unpaired) electrons. The van der Waals surface area contributed by atoms with Crippen LogP contribution in [0, 0.1) is 0 Å². The van der Waals surface area contributed by atoms with Crippen molar-refractivity contribution in [1.29, 1.82) is 0 Å². The van der Waals surface area contributed by atoms with Crippen molar-refractivity contribution in [2.45, 2.75) is 13.3 Å². The van der Waals surface area contributed by atoms with Gasteiger partial charge in [0.1, 0.15) is 16.5 Å². The highest BCUT2D eigenvalue weighted by Gasteiger charge is 2.24. The largest absolute Gasteiger partial charge is 0.353 e. The zero-order valence-electron chi connectivity index (χ0n) is 17.6. The van der Waals surface area contributed by atoms with Crippen molar-refractivity contribution in [2.24, 2.45) is 0 Å². The summed E-state index contributed by atoms with van der Waals surface area (Å²) in [5.74, 6) is 2.02. The van der Waals surface area contributed by atoms with Gasteiger partial charge in [-0.15, -0.1) is 11.3 Å². The van der Waals surface area contributed by atoms with Crippen LogP contribution >= 0.6 is 11.3 Å². The highest BCUT2D eigenvalue weighted by atomic mass is 32.1. The Bertz CT molecular complexity index is 1200. The molecule has 1 fully saturated rings. The van der Waals surface area contributed by atoms with Crippen molar-refractivity contribution >= 4 is 23.1 Å². The Kier molecular flexibility index (Phi) is 5.64. The lowest BCUT2D eigenvalue weighted by molar-refractivity contribution is 0.0741. The molecule has 0 spiro atoms. The summed E-state index contributed by atoms with van der Waals surface area (Å²) < 4.78 is 5.17. The third-order valence-corrected chi connectivity index (χ3v) is 6.30. The summed E-state index contributed by atoms with van der Waals surface area (Å²) in [7, 11) is 0. The summed E-state index contributed by atoms with van der Waals surface area (Å²) >= 11 is 1.50. The van der Waals surface area contributed by atoms with Gasteiger partial charge in [0.2, 0.25) is 11.7 Å². The second kappa shape index (κ2) is 8.88. The second-order valence-electron chi connectivity index (χ2n) is 7.45. The molecule has 1 aliphatic heterocycles. The molecule has 0 aliphatic carbocycles. The van der Waals surface area contributed by atoms with E-state index >= 15 is 0 Å². The number of carbonyl (C=O) groups excluding carboxylic acids is 1. The third kappa shape index (κ3) is 4.11. The zero-order valence-corrected chi connectivity index (χ0v) is 18.5. The summed E-state index contributed by atoms with van der Waals surface area (Å²) in [6, 6.07) is 13.8. The number of anilines is 1. The van der Waals surface area contributed by atoms with E-state index in [0.29, 0.717) is 36.9 Å². The minimum atomic E-state index is -0.0183. The Morgan fingerprint density at radius 1 is 1.03 bits per heavy atom. The van der Waals surface area contributed by atoms with E-state index < -0.39 is 0 Å². The van der Waals surface area contributed by atoms with E-state index in [0.717, 1.165) is 35.0 Å². The monoisotopic (exact) mass is 446 g/mol. The first-order valence-corrected chi connectivity index (χ1v) is 11.4. The first-order valence-electron chi connectivity index (χ1n) is 10.6. The molecule has 4 heterocycles. The minimum Gasteiger partial charge on any atom is -0.353 e. The fraction of sp³-hybridized carbons (Fsp3) is 0.261. The Hall–Kier alpha value is -3.59. The van der Waals surface area contributed by atoms with E-state index in [4.69, 9.17) is 4.52 Å². The van der Waals surface area contributed by atoms with Crippen LogP contribution < -0.4 is 4.90 Å². The fourth-order valence-electron chi connectivity index (χ4n) is 3.61. The van der Waals surface area contributed by atoms with Crippen molar-refractivity contribution in [3.8, 4) is 22.0 Å². The predicted molar refractivity (Wildman–Crippen MR) is 123 cm³/mol. The van der Waals surface area contributed by atoms with Crippen LogP contribution in [0.15, 0.2) is 58.6 Å². The van der Waals surface area contributed by atoms with Gasteiger partial charge >= 0.3 is 0 Å². The first kappa shape index (κ1) is 20.3. The first-order chi connectivity index (χ1) is 15.7. The number of benzene rings is 1. The maximum Gasteiger partial charge on any atom is 0.273 e. The lowest BCUT2D eigenvalue weighted by atomic mass is 10.2. The molecule has 32 heavy (non-hydrogen) atoms. The smallest absolute Gasteiger partial charge is 0.273 e. The van der Waals surface area contributed by atoms with E-state index in [1.165, 1.54) is 11.3 Å². The summed E-state index contributed by atoms with van der Waals surface area (Å²) in [5.41, 5.74) is 2.36. The molecule has 0 saturated carbocycles. The summed E-state index contributed by atoms with van der Waals surface area (Å²) in [6.07, 6.45) is 2.47. The highest BCUT2D eigenvalue weighted by Crippen LogP contribution is 2.25. The lowest BCUT2D eigenvalue weighted by Crippen LogP contribution is -2.49. The molecule has 0 bridgehead atoms. The average molecular weight is 447 g/mol. The molecule has 1 aromatic carbocycles. The minimum absolute atomic E-state index is 0.0183. The molecule has 0 unspecified atom stereocenters. The van der Waals surface area contributed by atoms with Crippen LogP contribution in [0.25, 0.3) is 22.0 Å². The Balaban J connectivity index is 1.20. The van der Waals surface area contributed by atoms with Crippen LogP contribution in [0.2, 0.25) is 0 Å². The normalized spacial score (nSPS) is 14.0. The van der Waals surface area contributed by atoms with E-state index in [2.05, 4.69) is 25.0 Å². The zero-order chi connectivity index (χ0) is 21.9. The molecule has 1 aliphatic rings. The van der Waals surface area contributed by atoms with Gasteiger partial charge in [0, 0.05) is 55.3 Å². The summed E-state index contributed by atoms with van der Waals surface area (Å²) in [4.78, 5) is 30.4. The molecule has 9 heteroatoms. The predicted octanol–water partition coefficient (Wildman–Crippen LogP) is 3.78. The van der Waals surface area contributed by atoms with Crippen molar-refractivity contribution in [2.75, 3.05) is 31.1 Å². The second-order valence-corrected chi connectivity index (χ2v) is 8.31. The van der Waals surface area contributed by atoms with Crippen LogP contribution in [0.1, 0.15) is 23.3 Å². The van der Waals surface area contributed by atoms with E-state index in [-0.39, 0.29) is 5.91 Å². The van der Waals surface area contributed by atoms with Gasteiger partial charge in [-0.2, -0.15) is 4.98 Å². The number of carbonyl (C=O) groups is 1. The lowest BCUT2D eigenvalue weighted by Gasteiger charge is -2.35. The fourth-order valence-corrected chi connectivity index (χ4v) is 4.41. The van der Waals surface area contributed by atoms with Crippen LogP contribution in [0.4, 0.5) is 5.82 Å². The number of amides is 1. The molecular weight excluding hydrogens is 424 g/mol. The quantitative estimate of drug-likeness (QED) is 0.461. The number of thiazole rings is 1. The van der Waals surface area contributed by atoms with E-state index in [1.807, 2.05) is 59.7 Å². The molecule has 162 valence electrons. The maximum atomic E-state index is 12.9. The van der Waals surface area contributed by atoms with Gasteiger partial charge in [-0.3, -0.25) is 4.79 Å². The Morgan fingerprint density at radius 2 is 1.84 bits per heavy atom. The van der Waals surface area contributed by atoms with E-state index in [1.54, 1.807) is 6.20 Å². The van der Waals surface area contributed by atoms with Crippen LogP contribution in [0.3, 0.4) is 0 Å². The van der Waals surface area contributed by atoms with Crippen molar-refractivity contribution < 1.29 is 9.32 Å². The number of rotatable bonds is 5. The maximum absolute atomic E-state index is 12.9. The van der Waals surface area contributed by atoms with Gasteiger partial charge in [0.15, 0.2) is 0 Å². The van der Waals surface area contributed by atoms with Gasteiger partial charge < -0.3 is 14.3 Å². The van der Waals surface area contributed by atoms with Crippen LogP contribution in [-0.2, 0) is 6.42 Å². The van der Waals surface area contributed by atoms with Crippen LogP contribution in [0.5, 0.6) is 0 Å². The summed E-state index contributed by atoms with van der Waals surface area (Å²) in [5, 5.41) is 6.70.